The molecule has 7 heteroatoms. The van der Waals surface area contributed by atoms with E-state index in [1.165, 1.54) is 0 Å². The first-order valence-electron chi connectivity index (χ1n) is 9.78. The third-order valence-electron chi connectivity index (χ3n) is 5.37. The molecule has 29 heavy (non-hydrogen) atoms. The van der Waals surface area contributed by atoms with Gasteiger partial charge in [0.1, 0.15) is 23.6 Å². The predicted octanol–water partition coefficient (Wildman–Crippen LogP) is 2.96. The summed E-state index contributed by atoms with van der Waals surface area (Å²) in [5.41, 5.74) is 0.0664. The summed E-state index contributed by atoms with van der Waals surface area (Å²) in [4.78, 5) is 38.1. The number of nitrogens with zero attached hydrogens (tertiary/aromatic N) is 1. The van der Waals surface area contributed by atoms with E-state index in [4.69, 9.17) is 4.74 Å². The Bertz CT molecular complexity index is 923. The summed E-state index contributed by atoms with van der Waals surface area (Å²) in [7, 11) is 0. The lowest BCUT2D eigenvalue weighted by atomic mass is 9.98. The van der Waals surface area contributed by atoms with Gasteiger partial charge in [-0.25, -0.2) is 4.79 Å². The van der Waals surface area contributed by atoms with Gasteiger partial charge in [-0.1, -0.05) is 43.2 Å². The fourth-order valence-corrected chi connectivity index (χ4v) is 3.88. The number of imide groups is 1. The van der Waals surface area contributed by atoms with Crippen LogP contribution in [0.1, 0.15) is 31.2 Å². The molecule has 0 unspecified atom stereocenters. The highest BCUT2D eigenvalue weighted by atomic mass is 16.5. The predicted molar refractivity (Wildman–Crippen MR) is 106 cm³/mol. The molecule has 2 fully saturated rings. The molecule has 2 aliphatic rings. The largest absolute Gasteiger partial charge is 0.457 e. The minimum Gasteiger partial charge on any atom is -0.457 e. The van der Waals surface area contributed by atoms with Crippen molar-refractivity contribution in [2.75, 3.05) is 6.54 Å². The van der Waals surface area contributed by atoms with Crippen molar-refractivity contribution < 1.29 is 19.1 Å². The Morgan fingerprint density at radius 3 is 2.52 bits per heavy atom. The number of carbonyl (C=O) groups is 3. The van der Waals surface area contributed by atoms with Gasteiger partial charge < -0.3 is 15.4 Å². The van der Waals surface area contributed by atoms with Gasteiger partial charge >= 0.3 is 6.03 Å². The lowest BCUT2D eigenvalue weighted by molar-refractivity contribution is -0.134. The number of para-hydroxylation sites is 1. The Kier molecular flexibility index (Phi) is 5.20. The summed E-state index contributed by atoms with van der Waals surface area (Å²) in [6.45, 7) is 0.00619. The molecule has 2 aromatic rings. The number of hydrogen-bond acceptors (Lipinski definition) is 4. The van der Waals surface area contributed by atoms with Gasteiger partial charge in [0, 0.05) is 6.54 Å². The SMILES string of the molecule is O=C(CN1C(=O)NC2(CCCC2)C1=O)NCc1cccc(Oc2ccccc2)c1. The summed E-state index contributed by atoms with van der Waals surface area (Å²) in [6.07, 6.45) is 3.11. The topological polar surface area (TPSA) is 87.7 Å². The molecule has 1 aliphatic carbocycles. The van der Waals surface area contributed by atoms with E-state index in [0.717, 1.165) is 29.1 Å². The fourth-order valence-electron chi connectivity index (χ4n) is 3.88. The molecule has 2 N–H and O–H groups in total. The summed E-state index contributed by atoms with van der Waals surface area (Å²) >= 11 is 0. The van der Waals surface area contributed by atoms with Crippen LogP contribution in [-0.4, -0.2) is 34.8 Å². The van der Waals surface area contributed by atoms with Crippen molar-refractivity contribution in [1.29, 1.82) is 0 Å². The van der Waals surface area contributed by atoms with Crippen molar-refractivity contribution in [3.05, 3.63) is 60.2 Å². The van der Waals surface area contributed by atoms with Gasteiger partial charge in [0.05, 0.1) is 0 Å². The van der Waals surface area contributed by atoms with Gasteiger partial charge in [-0.15, -0.1) is 0 Å². The van der Waals surface area contributed by atoms with E-state index in [1.807, 2.05) is 54.6 Å². The molecule has 0 aromatic heterocycles. The summed E-state index contributed by atoms with van der Waals surface area (Å²) < 4.78 is 5.80. The Hall–Kier alpha value is -3.35. The molecular weight excluding hydrogens is 370 g/mol. The lowest BCUT2D eigenvalue weighted by Gasteiger charge is -2.19. The molecule has 2 aromatic carbocycles. The zero-order chi connectivity index (χ0) is 20.3. The molecule has 4 amide bonds. The molecule has 1 spiro atoms. The van der Waals surface area contributed by atoms with Crippen LogP contribution < -0.4 is 15.4 Å². The van der Waals surface area contributed by atoms with Crippen LogP contribution in [0.4, 0.5) is 4.79 Å². The second-order valence-corrected chi connectivity index (χ2v) is 7.45. The van der Waals surface area contributed by atoms with Crippen molar-refractivity contribution in [1.82, 2.24) is 15.5 Å². The Morgan fingerprint density at radius 1 is 1.03 bits per heavy atom. The zero-order valence-electron chi connectivity index (χ0n) is 16.0. The highest BCUT2D eigenvalue weighted by Gasteiger charge is 2.52. The van der Waals surface area contributed by atoms with Crippen LogP contribution in [0, 0.1) is 0 Å². The van der Waals surface area contributed by atoms with Gasteiger partial charge in [0.2, 0.25) is 5.91 Å². The zero-order valence-corrected chi connectivity index (χ0v) is 16.0. The van der Waals surface area contributed by atoms with Crippen LogP contribution in [0.2, 0.25) is 0 Å². The lowest BCUT2D eigenvalue weighted by Crippen LogP contribution is -2.45. The van der Waals surface area contributed by atoms with Crippen molar-refractivity contribution in [2.24, 2.45) is 0 Å². The standard InChI is InChI=1S/C22H23N3O4/c26-19(15-25-20(27)22(24-21(25)28)11-4-5-12-22)23-14-16-7-6-10-18(13-16)29-17-8-2-1-3-9-17/h1-3,6-10,13H,4-5,11-12,14-15H2,(H,23,26)(H,24,28). The van der Waals surface area contributed by atoms with Gasteiger partial charge in [0.25, 0.3) is 5.91 Å². The third-order valence-corrected chi connectivity index (χ3v) is 5.37. The monoisotopic (exact) mass is 393 g/mol. The highest BCUT2D eigenvalue weighted by molar-refractivity contribution is 6.09. The number of hydrogen-bond donors (Lipinski definition) is 2. The summed E-state index contributed by atoms with van der Waals surface area (Å²) in [6, 6.07) is 16.4. The molecule has 0 radical (unpaired) electrons. The summed E-state index contributed by atoms with van der Waals surface area (Å²) in [5.74, 6) is 0.736. The smallest absolute Gasteiger partial charge is 0.325 e. The Morgan fingerprint density at radius 2 is 1.76 bits per heavy atom. The number of benzene rings is 2. The number of amides is 4. The second kappa shape index (κ2) is 7.95. The average Bonchev–Trinajstić information content (AvgIpc) is 3.28. The van der Waals surface area contributed by atoms with Crippen molar-refractivity contribution >= 4 is 17.8 Å². The molecule has 7 nitrogen and oxygen atoms in total. The number of ether oxygens (including phenoxy) is 1. The molecule has 1 saturated heterocycles. The van der Waals surface area contributed by atoms with Gasteiger partial charge in [-0.2, -0.15) is 0 Å². The Labute approximate surface area is 169 Å². The van der Waals surface area contributed by atoms with E-state index < -0.39 is 11.6 Å². The fraction of sp³-hybridized carbons (Fsp3) is 0.318. The normalized spacial score (nSPS) is 17.4. The van der Waals surface area contributed by atoms with Crippen LogP contribution >= 0.6 is 0 Å². The van der Waals surface area contributed by atoms with E-state index in [9.17, 15) is 14.4 Å². The first-order chi connectivity index (χ1) is 14.1. The van der Waals surface area contributed by atoms with Gasteiger partial charge in [-0.05, 0) is 42.7 Å². The van der Waals surface area contributed by atoms with Gasteiger partial charge in [-0.3, -0.25) is 14.5 Å². The van der Waals surface area contributed by atoms with Crippen LogP contribution in [-0.2, 0) is 16.1 Å². The van der Waals surface area contributed by atoms with Crippen molar-refractivity contribution in [2.45, 2.75) is 37.8 Å². The first kappa shape index (κ1) is 19.0. The molecule has 0 atom stereocenters. The van der Waals surface area contributed by atoms with Crippen molar-refractivity contribution in [3.8, 4) is 11.5 Å². The first-order valence-corrected chi connectivity index (χ1v) is 9.78. The minimum atomic E-state index is -0.791. The van der Waals surface area contributed by atoms with E-state index in [0.29, 0.717) is 18.6 Å². The highest BCUT2D eigenvalue weighted by Crippen LogP contribution is 2.34. The maximum absolute atomic E-state index is 12.6. The average molecular weight is 393 g/mol. The van der Waals surface area contributed by atoms with E-state index >= 15 is 0 Å². The molecule has 1 aliphatic heterocycles. The molecular formula is C22H23N3O4. The number of urea groups is 1. The van der Waals surface area contributed by atoms with E-state index in [2.05, 4.69) is 10.6 Å². The molecule has 150 valence electrons. The maximum Gasteiger partial charge on any atom is 0.325 e. The van der Waals surface area contributed by atoms with Crippen LogP contribution in [0.15, 0.2) is 54.6 Å². The van der Waals surface area contributed by atoms with Crippen LogP contribution in [0.3, 0.4) is 0 Å². The number of rotatable bonds is 6. The third kappa shape index (κ3) is 4.08. The summed E-state index contributed by atoms with van der Waals surface area (Å²) in [5, 5.41) is 5.55. The van der Waals surface area contributed by atoms with E-state index in [-0.39, 0.29) is 24.9 Å². The van der Waals surface area contributed by atoms with Crippen molar-refractivity contribution in [3.63, 3.8) is 0 Å². The molecule has 1 saturated carbocycles. The quantitative estimate of drug-likeness (QED) is 0.739. The maximum atomic E-state index is 12.6. The molecule has 4 rings (SSSR count). The minimum absolute atomic E-state index is 0.271. The molecule has 0 bridgehead atoms. The van der Waals surface area contributed by atoms with E-state index in [1.54, 1.807) is 0 Å². The second-order valence-electron chi connectivity index (χ2n) is 7.45. The number of carbonyl (C=O) groups excluding carboxylic acids is 3. The van der Waals surface area contributed by atoms with Crippen LogP contribution in [0.25, 0.3) is 0 Å². The Balaban J connectivity index is 1.32. The van der Waals surface area contributed by atoms with Gasteiger partial charge in [0.15, 0.2) is 0 Å². The number of nitrogens with one attached hydrogen (secondary N) is 2. The van der Waals surface area contributed by atoms with Crippen LogP contribution in [0.5, 0.6) is 11.5 Å². The molecule has 1 heterocycles.